The van der Waals surface area contributed by atoms with Crippen molar-refractivity contribution in [3.05, 3.63) is 78.2 Å². The molecule has 0 spiro atoms. The number of benzene rings is 1. The summed E-state index contributed by atoms with van der Waals surface area (Å²) < 4.78 is 5.18. The highest BCUT2D eigenvalue weighted by molar-refractivity contribution is 6.07. The molecule has 1 fully saturated rings. The Hall–Kier alpha value is -3.45. The van der Waals surface area contributed by atoms with E-state index in [4.69, 9.17) is 4.74 Å². The fraction of sp³-hybridized carbons (Fsp3) is 0.292. The van der Waals surface area contributed by atoms with Gasteiger partial charge < -0.3 is 20.7 Å². The summed E-state index contributed by atoms with van der Waals surface area (Å²) in [5.41, 5.74) is 2.35. The second kappa shape index (κ2) is 10.0. The molecule has 0 aliphatic carbocycles. The van der Waals surface area contributed by atoms with Crippen LogP contribution in [0, 0.1) is 5.92 Å². The first-order valence-electron chi connectivity index (χ1n) is 10.5. The van der Waals surface area contributed by atoms with Crippen LogP contribution < -0.4 is 20.7 Å². The van der Waals surface area contributed by atoms with Crippen LogP contribution in [0.3, 0.4) is 0 Å². The van der Waals surface area contributed by atoms with Gasteiger partial charge in [0.1, 0.15) is 11.6 Å². The number of carbonyl (C=O) groups is 1. The number of hydrogen-bond donors (Lipinski definition) is 3. The molecule has 3 heterocycles. The van der Waals surface area contributed by atoms with Crippen molar-refractivity contribution in [2.45, 2.75) is 18.9 Å². The van der Waals surface area contributed by atoms with Crippen molar-refractivity contribution < 1.29 is 9.53 Å². The maximum Gasteiger partial charge on any atom is 0.259 e. The van der Waals surface area contributed by atoms with Crippen LogP contribution in [0.2, 0.25) is 0 Å². The van der Waals surface area contributed by atoms with E-state index in [0.717, 1.165) is 37.2 Å². The lowest BCUT2D eigenvalue weighted by atomic mass is 9.86. The topological polar surface area (TPSA) is 88.2 Å². The number of carbonyl (C=O) groups excluding carboxylic acids is 1. The van der Waals surface area contributed by atoms with Crippen LogP contribution in [-0.2, 0) is 0 Å². The molecule has 7 nitrogen and oxygen atoms in total. The highest BCUT2D eigenvalue weighted by Crippen LogP contribution is 2.32. The number of rotatable bonds is 7. The zero-order valence-corrected chi connectivity index (χ0v) is 17.5. The number of ether oxygens (including phenoxy) is 1. The van der Waals surface area contributed by atoms with E-state index in [9.17, 15) is 4.79 Å². The summed E-state index contributed by atoms with van der Waals surface area (Å²) in [6.45, 7) is 1.97. The van der Waals surface area contributed by atoms with Gasteiger partial charge in [-0.05, 0) is 85.9 Å². The third kappa shape index (κ3) is 5.19. The Morgan fingerprint density at radius 2 is 1.81 bits per heavy atom. The van der Waals surface area contributed by atoms with Crippen molar-refractivity contribution in [1.82, 2.24) is 15.3 Å². The molecule has 2 aromatic heterocycles. The molecule has 3 aromatic rings. The Morgan fingerprint density at radius 3 is 2.52 bits per heavy atom. The lowest BCUT2D eigenvalue weighted by molar-refractivity contribution is 0.102. The van der Waals surface area contributed by atoms with Gasteiger partial charge in [0.2, 0.25) is 0 Å². The number of piperidine rings is 1. The first-order chi connectivity index (χ1) is 15.2. The molecule has 0 saturated carbocycles. The maximum atomic E-state index is 13.0. The predicted octanol–water partition coefficient (Wildman–Crippen LogP) is 3.89. The van der Waals surface area contributed by atoms with Crippen LogP contribution in [0.25, 0.3) is 0 Å². The number of methoxy groups -OCH3 is 1. The SMILES string of the molecule is COc1ccc(NC(=O)c2cccnc2NC(c2ccncc2)C2CCNCC2)cc1. The summed E-state index contributed by atoms with van der Waals surface area (Å²) in [5.74, 6) is 1.54. The molecule has 4 rings (SSSR count). The zero-order valence-electron chi connectivity index (χ0n) is 17.5. The Labute approximate surface area is 182 Å². The van der Waals surface area contributed by atoms with Crippen molar-refractivity contribution in [3.63, 3.8) is 0 Å². The van der Waals surface area contributed by atoms with Gasteiger partial charge in [-0.1, -0.05) is 0 Å². The third-order valence-electron chi connectivity index (χ3n) is 5.61. The minimum absolute atomic E-state index is 0.0486. The number of pyridine rings is 2. The van der Waals surface area contributed by atoms with E-state index >= 15 is 0 Å². The second-order valence-corrected chi connectivity index (χ2v) is 7.57. The van der Waals surface area contributed by atoms with E-state index in [2.05, 4.69) is 25.9 Å². The van der Waals surface area contributed by atoms with Crippen molar-refractivity contribution >= 4 is 17.4 Å². The van der Waals surface area contributed by atoms with Crippen LogP contribution in [0.15, 0.2) is 67.1 Å². The molecule has 0 bridgehead atoms. The number of nitrogens with one attached hydrogen (secondary N) is 3. The van der Waals surface area contributed by atoms with Gasteiger partial charge in [0, 0.05) is 24.3 Å². The largest absolute Gasteiger partial charge is 0.497 e. The Balaban J connectivity index is 1.57. The van der Waals surface area contributed by atoms with Gasteiger partial charge in [0.05, 0.1) is 18.7 Å². The summed E-state index contributed by atoms with van der Waals surface area (Å²) in [6, 6.07) is 14.9. The molecule has 160 valence electrons. The van der Waals surface area contributed by atoms with Gasteiger partial charge in [-0.25, -0.2) is 4.98 Å². The van der Waals surface area contributed by atoms with Gasteiger partial charge >= 0.3 is 0 Å². The molecule has 3 N–H and O–H groups in total. The average Bonchev–Trinajstić information content (AvgIpc) is 2.84. The fourth-order valence-electron chi connectivity index (χ4n) is 3.95. The highest BCUT2D eigenvalue weighted by atomic mass is 16.5. The molecule has 1 aliphatic rings. The lowest BCUT2D eigenvalue weighted by Gasteiger charge is -2.32. The Kier molecular flexibility index (Phi) is 6.74. The summed E-state index contributed by atoms with van der Waals surface area (Å²) in [4.78, 5) is 21.7. The van der Waals surface area contributed by atoms with Crippen molar-refractivity contribution in [2.24, 2.45) is 5.92 Å². The predicted molar refractivity (Wildman–Crippen MR) is 121 cm³/mol. The summed E-state index contributed by atoms with van der Waals surface area (Å²) in [6.07, 6.45) is 7.43. The molecule has 1 amide bonds. The summed E-state index contributed by atoms with van der Waals surface area (Å²) in [5, 5.41) is 9.94. The third-order valence-corrected chi connectivity index (χ3v) is 5.61. The van der Waals surface area contributed by atoms with E-state index in [1.54, 1.807) is 37.8 Å². The van der Waals surface area contributed by atoms with Crippen LogP contribution >= 0.6 is 0 Å². The van der Waals surface area contributed by atoms with Gasteiger partial charge in [-0.15, -0.1) is 0 Å². The first kappa shape index (κ1) is 20.8. The standard InChI is InChI=1S/C24H27N5O2/c1-31-20-6-4-19(5-7-20)28-24(30)21-3-2-12-27-23(21)29-22(17-8-13-25-14-9-17)18-10-15-26-16-11-18/h2-9,12-14,18,22,26H,10-11,15-16H2,1H3,(H,27,29)(H,28,30). The minimum Gasteiger partial charge on any atom is -0.497 e. The molecule has 1 saturated heterocycles. The molecule has 0 radical (unpaired) electrons. The molecule has 1 unspecified atom stereocenters. The molecule has 31 heavy (non-hydrogen) atoms. The Bertz CT molecular complexity index is 988. The molecule has 7 heteroatoms. The van der Waals surface area contributed by atoms with E-state index in [0.29, 0.717) is 23.0 Å². The van der Waals surface area contributed by atoms with Crippen molar-refractivity contribution in [2.75, 3.05) is 30.8 Å². The van der Waals surface area contributed by atoms with Crippen LogP contribution in [0.1, 0.15) is 34.8 Å². The average molecular weight is 418 g/mol. The van der Waals surface area contributed by atoms with E-state index in [1.807, 2.05) is 36.4 Å². The molecule has 1 aliphatic heterocycles. The van der Waals surface area contributed by atoms with Crippen molar-refractivity contribution in [3.8, 4) is 5.75 Å². The quantitative estimate of drug-likeness (QED) is 0.541. The van der Waals surface area contributed by atoms with Gasteiger partial charge in [-0.3, -0.25) is 9.78 Å². The summed E-state index contributed by atoms with van der Waals surface area (Å²) >= 11 is 0. The lowest BCUT2D eigenvalue weighted by Crippen LogP contribution is -2.34. The van der Waals surface area contributed by atoms with Gasteiger partial charge in [0.25, 0.3) is 5.91 Å². The maximum absolute atomic E-state index is 13.0. The first-order valence-corrected chi connectivity index (χ1v) is 10.5. The number of hydrogen-bond acceptors (Lipinski definition) is 6. The van der Waals surface area contributed by atoms with Gasteiger partial charge in [-0.2, -0.15) is 0 Å². The number of amides is 1. The van der Waals surface area contributed by atoms with Crippen LogP contribution in [0.5, 0.6) is 5.75 Å². The number of anilines is 2. The van der Waals surface area contributed by atoms with Crippen LogP contribution in [-0.4, -0.2) is 36.1 Å². The van der Waals surface area contributed by atoms with Crippen LogP contribution in [0.4, 0.5) is 11.5 Å². The van der Waals surface area contributed by atoms with Crippen molar-refractivity contribution in [1.29, 1.82) is 0 Å². The van der Waals surface area contributed by atoms with E-state index < -0.39 is 0 Å². The second-order valence-electron chi connectivity index (χ2n) is 7.57. The zero-order chi connectivity index (χ0) is 21.5. The molecule has 1 aromatic carbocycles. The molecule has 1 atom stereocenters. The van der Waals surface area contributed by atoms with E-state index in [1.165, 1.54) is 0 Å². The molecular weight excluding hydrogens is 390 g/mol. The summed E-state index contributed by atoms with van der Waals surface area (Å²) in [7, 11) is 1.61. The Morgan fingerprint density at radius 1 is 1.06 bits per heavy atom. The molecular formula is C24H27N5O2. The normalized spacial score (nSPS) is 15.1. The minimum atomic E-state index is -0.209. The highest BCUT2D eigenvalue weighted by Gasteiger charge is 2.26. The number of nitrogens with zero attached hydrogens (tertiary/aromatic N) is 2. The fourth-order valence-corrected chi connectivity index (χ4v) is 3.95. The smallest absolute Gasteiger partial charge is 0.259 e. The number of aromatic nitrogens is 2. The van der Waals surface area contributed by atoms with Gasteiger partial charge in [0.15, 0.2) is 0 Å². The van der Waals surface area contributed by atoms with E-state index in [-0.39, 0.29) is 11.9 Å². The monoisotopic (exact) mass is 417 g/mol.